The summed E-state index contributed by atoms with van der Waals surface area (Å²) in [6.45, 7) is 6.35. The molecule has 0 saturated carbocycles. The van der Waals surface area contributed by atoms with Crippen molar-refractivity contribution in [3.05, 3.63) is 0 Å². The fourth-order valence-corrected chi connectivity index (χ4v) is 10.9. The summed E-state index contributed by atoms with van der Waals surface area (Å²) in [6.07, 6.45) is 49.9. The number of aliphatic hydroxyl groups excluding tert-OH is 5. The molecule has 2 rings (SSSR count). The summed E-state index contributed by atoms with van der Waals surface area (Å²) in [4.78, 5) is 36.8. The summed E-state index contributed by atoms with van der Waals surface area (Å²) in [5.74, 6) is -1.04. The molecule has 0 amide bonds. The Bertz CT molecular complexity index is 1350. The van der Waals surface area contributed by atoms with E-state index in [1.54, 1.807) is 0 Å². The van der Waals surface area contributed by atoms with Crippen LogP contribution in [0.1, 0.15) is 329 Å². The molecule has 2 aliphatic rings. The molecule has 0 bridgehead atoms. The number of unbranched alkanes of at least 4 members (excludes halogenated alkanes) is 42. The summed E-state index contributed by atoms with van der Waals surface area (Å²) >= 11 is 0. The Morgan fingerprint density at radius 3 is 0.861 bits per heavy atom. The van der Waals surface area contributed by atoms with Crippen molar-refractivity contribution >= 4 is 17.9 Å². The van der Waals surface area contributed by atoms with Crippen LogP contribution in [0.5, 0.6) is 0 Å². The molecule has 468 valence electrons. The van der Waals surface area contributed by atoms with E-state index < -0.39 is 48.8 Å². The van der Waals surface area contributed by atoms with Gasteiger partial charge in [0.2, 0.25) is 0 Å². The molecule has 2 fully saturated rings. The van der Waals surface area contributed by atoms with Crippen LogP contribution >= 0.6 is 0 Å². The van der Waals surface area contributed by atoms with E-state index in [4.69, 9.17) is 23.7 Å². The van der Waals surface area contributed by atoms with E-state index in [-0.39, 0.29) is 50.8 Å². The highest BCUT2D eigenvalue weighted by atomic mass is 16.6. The molecule has 2 aliphatic heterocycles. The van der Waals surface area contributed by atoms with Crippen LogP contribution in [0.25, 0.3) is 0 Å². The fourth-order valence-electron chi connectivity index (χ4n) is 10.9. The van der Waals surface area contributed by atoms with E-state index >= 15 is 0 Å². The second-order valence-corrected chi connectivity index (χ2v) is 23.8. The number of aliphatic hydroxyl groups is 5. The van der Waals surface area contributed by atoms with Crippen molar-refractivity contribution in [1.29, 1.82) is 0 Å². The lowest BCUT2D eigenvalue weighted by atomic mass is 10.0. The van der Waals surface area contributed by atoms with Gasteiger partial charge in [-0.15, -0.1) is 0 Å². The Balaban J connectivity index is 0.000000887. The molecule has 0 spiro atoms. The summed E-state index contributed by atoms with van der Waals surface area (Å²) in [5, 5.41) is 49.3. The molecule has 5 N–H and O–H groups in total. The molecular formula is C66H126O13. The van der Waals surface area contributed by atoms with Gasteiger partial charge in [-0.05, 0) is 19.3 Å². The van der Waals surface area contributed by atoms with Gasteiger partial charge in [-0.3, -0.25) is 14.4 Å². The highest BCUT2D eigenvalue weighted by Gasteiger charge is 2.42. The molecule has 8 atom stereocenters. The lowest BCUT2D eigenvalue weighted by molar-refractivity contribution is -0.170. The maximum Gasteiger partial charge on any atom is 0.306 e. The van der Waals surface area contributed by atoms with Crippen molar-refractivity contribution in [1.82, 2.24) is 0 Å². The monoisotopic (exact) mass is 1130 g/mol. The Labute approximate surface area is 483 Å². The minimum Gasteiger partial charge on any atom is -0.463 e. The van der Waals surface area contributed by atoms with Crippen molar-refractivity contribution in [2.45, 2.75) is 378 Å². The number of carbonyl (C=O) groups excluding carboxylic acids is 3. The van der Waals surface area contributed by atoms with Crippen molar-refractivity contribution < 1.29 is 63.6 Å². The Kier molecular flexibility index (Phi) is 52.6. The first-order valence-electron chi connectivity index (χ1n) is 33.7. The number of rotatable bonds is 55. The first-order chi connectivity index (χ1) is 38.5. The van der Waals surface area contributed by atoms with Crippen LogP contribution in [0.4, 0.5) is 0 Å². The molecule has 0 aromatic heterocycles. The predicted octanol–water partition coefficient (Wildman–Crippen LogP) is 15.4. The zero-order chi connectivity index (χ0) is 57.7. The second kappa shape index (κ2) is 55.3. The van der Waals surface area contributed by atoms with Crippen LogP contribution in [-0.4, -0.2) is 119 Å². The molecule has 0 aliphatic carbocycles. The molecule has 0 unspecified atom stereocenters. The van der Waals surface area contributed by atoms with Crippen LogP contribution in [0.15, 0.2) is 0 Å². The molecule has 0 aromatic rings. The first-order valence-corrected chi connectivity index (χ1v) is 33.7. The lowest BCUT2D eigenvalue weighted by Crippen LogP contribution is -2.44. The second-order valence-electron chi connectivity index (χ2n) is 23.8. The Hall–Kier alpha value is -1.87. The summed E-state index contributed by atoms with van der Waals surface area (Å²) in [7, 11) is 0. The smallest absolute Gasteiger partial charge is 0.306 e. The van der Waals surface area contributed by atoms with E-state index in [0.29, 0.717) is 12.8 Å². The van der Waals surface area contributed by atoms with E-state index in [2.05, 4.69) is 20.8 Å². The van der Waals surface area contributed by atoms with Gasteiger partial charge in [0, 0.05) is 19.3 Å². The van der Waals surface area contributed by atoms with Crippen molar-refractivity contribution in [2.75, 3.05) is 26.4 Å². The third kappa shape index (κ3) is 44.3. The average molecular weight is 1130 g/mol. The summed E-state index contributed by atoms with van der Waals surface area (Å²) < 4.78 is 26.8. The topological polar surface area (TPSA) is 199 Å². The van der Waals surface area contributed by atoms with Crippen LogP contribution in [0.2, 0.25) is 0 Å². The summed E-state index contributed by atoms with van der Waals surface area (Å²) in [5.41, 5.74) is 0. The number of ether oxygens (including phenoxy) is 5. The average Bonchev–Trinajstić information content (AvgIpc) is 3.98. The van der Waals surface area contributed by atoms with Gasteiger partial charge in [0.1, 0.15) is 55.9 Å². The van der Waals surface area contributed by atoms with E-state index in [9.17, 15) is 39.9 Å². The molecule has 2 heterocycles. The molecular weight excluding hydrogens is 1000 g/mol. The molecule has 79 heavy (non-hydrogen) atoms. The number of hydrogen-bond donors (Lipinski definition) is 5. The predicted molar refractivity (Wildman–Crippen MR) is 320 cm³/mol. The van der Waals surface area contributed by atoms with Crippen molar-refractivity contribution in [2.24, 2.45) is 0 Å². The van der Waals surface area contributed by atoms with E-state index in [1.807, 2.05) is 0 Å². The van der Waals surface area contributed by atoms with Gasteiger partial charge in [0.05, 0.1) is 13.2 Å². The fraction of sp³-hybridized carbons (Fsp3) is 0.955. The van der Waals surface area contributed by atoms with Crippen LogP contribution in [0.3, 0.4) is 0 Å². The normalized spacial score (nSPS) is 19.7. The highest BCUT2D eigenvalue weighted by molar-refractivity contribution is 5.70. The molecule has 2 saturated heterocycles. The minimum atomic E-state index is -1.18. The number of esters is 3. The maximum absolute atomic E-state index is 12.6. The van der Waals surface area contributed by atoms with Crippen LogP contribution in [-0.2, 0) is 38.1 Å². The van der Waals surface area contributed by atoms with Crippen molar-refractivity contribution in [3.63, 3.8) is 0 Å². The maximum atomic E-state index is 12.6. The van der Waals surface area contributed by atoms with E-state index in [0.717, 1.165) is 57.8 Å². The minimum absolute atomic E-state index is 0.0179. The number of hydrogen-bond acceptors (Lipinski definition) is 13. The van der Waals surface area contributed by atoms with Gasteiger partial charge in [-0.1, -0.05) is 290 Å². The van der Waals surface area contributed by atoms with Crippen LogP contribution in [0, 0.1) is 0 Å². The van der Waals surface area contributed by atoms with Gasteiger partial charge in [-0.2, -0.15) is 0 Å². The first kappa shape index (κ1) is 75.1. The van der Waals surface area contributed by atoms with Gasteiger partial charge < -0.3 is 49.2 Å². The largest absolute Gasteiger partial charge is 0.463 e. The van der Waals surface area contributed by atoms with Gasteiger partial charge in [0.15, 0.2) is 6.10 Å². The Morgan fingerprint density at radius 1 is 0.354 bits per heavy atom. The number of carbonyl (C=O) groups is 3. The zero-order valence-electron chi connectivity index (χ0n) is 51.4. The quantitative estimate of drug-likeness (QED) is 0.0219. The lowest BCUT2D eigenvalue weighted by Gasteiger charge is -2.25. The highest BCUT2D eigenvalue weighted by Crippen LogP contribution is 2.23. The third-order valence-electron chi connectivity index (χ3n) is 16.2. The van der Waals surface area contributed by atoms with Gasteiger partial charge >= 0.3 is 17.9 Å². The SMILES string of the molecule is CCCCCCCCCCCCCCCCCC(=O)OC[C@@H](O)[C@H]1OC[C@H](O)[C@H]1O.CCCCCCCCCCCCCCCCCC(=O)OC[C@@H](OC(=O)CCCCCCCCCCCCCCCCC)[C@H]1OC[C@H](O)[C@H]1O. The summed E-state index contributed by atoms with van der Waals surface area (Å²) in [6, 6.07) is 0. The van der Waals surface area contributed by atoms with E-state index in [1.165, 1.54) is 231 Å². The Morgan fingerprint density at radius 2 is 0.595 bits per heavy atom. The van der Waals surface area contributed by atoms with Crippen LogP contribution < -0.4 is 0 Å². The van der Waals surface area contributed by atoms with Crippen molar-refractivity contribution in [3.8, 4) is 0 Å². The zero-order valence-corrected chi connectivity index (χ0v) is 51.4. The molecule has 0 aromatic carbocycles. The molecule has 0 radical (unpaired) electrons. The molecule has 13 heteroatoms. The van der Waals surface area contributed by atoms with Gasteiger partial charge in [-0.25, -0.2) is 0 Å². The standard InChI is InChI=1S/C42H80O7.C24H46O6/c1-3-5-7-9-11-13-15-17-19-21-23-25-27-29-31-33-39(44)47-36-38(42-41(46)37(43)35-48-42)49-40(45)34-32-30-28-26-24-22-20-18-16-14-12-10-8-6-4-2;1-2-3-4-5-6-7-8-9-10-11-12-13-14-15-16-17-22(27)29-19-21(26)24-23(28)20(25)18-30-24/h37-38,41-43,46H,3-36H2,1-2H3;20-21,23-26,28H,2-19H2,1H3/t37-,38+,41+,42+;20-,21+,23+,24+/m00/s1. The third-order valence-corrected chi connectivity index (χ3v) is 16.2. The van der Waals surface area contributed by atoms with Gasteiger partial charge in [0.25, 0.3) is 0 Å². The molecule has 13 nitrogen and oxygen atoms in total.